The summed E-state index contributed by atoms with van der Waals surface area (Å²) in [5.74, 6) is -0.310. The Balaban J connectivity index is 0.00000220. The van der Waals surface area contributed by atoms with Gasteiger partial charge in [-0.2, -0.15) is 0 Å². The van der Waals surface area contributed by atoms with Crippen LogP contribution in [-0.2, 0) is 4.79 Å². The quantitative estimate of drug-likeness (QED) is 0.579. The van der Waals surface area contributed by atoms with Gasteiger partial charge in [-0.15, -0.1) is 6.54 Å². The Morgan fingerprint density at radius 3 is 2.48 bits per heavy atom. The first-order valence-corrected chi connectivity index (χ1v) is 6.37. The van der Waals surface area contributed by atoms with Gasteiger partial charge in [0.05, 0.1) is 11.9 Å². The van der Waals surface area contributed by atoms with Crippen LogP contribution in [0.3, 0.4) is 0 Å². The predicted molar refractivity (Wildman–Crippen MR) is 78.2 cm³/mol. The molecule has 1 unspecified atom stereocenters. The average Bonchev–Trinajstić information content (AvgIpc) is 2.81. The summed E-state index contributed by atoms with van der Waals surface area (Å²) >= 11 is 0. The largest absolute Gasteiger partial charge is 2.00 e. The minimum absolute atomic E-state index is 0. The van der Waals surface area contributed by atoms with Crippen molar-refractivity contribution in [2.24, 2.45) is 5.73 Å². The van der Waals surface area contributed by atoms with Gasteiger partial charge in [-0.05, 0) is 24.3 Å². The van der Waals surface area contributed by atoms with Crippen molar-refractivity contribution in [1.29, 1.82) is 0 Å². The van der Waals surface area contributed by atoms with Gasteiger partial charge in [0.2, 0.25) is 0 Å². The molecule has 1 heterocycles. The van der Waals surface area contributed by atoms with Gasteiger partial charge in [0.1, 0.15) is 0 Å². The summed E-state index contributed by atoms with van der Waals surface area (Å²) in [6.07, 6.45) is 0. The minimum Gasteiger partial charge on any atom is -0.368 e. The molecule has 0 aliphatic carbocycles. The number of anilines is 2. The Bertz CT molecular complexity index is 506. The summed E-state index contributed by atoms with van der Waals surface area (Å²) < 4.78 is 0. The molecular formula is C14H18N4O2U. The average molecular weight is 512 g/mol. The van der Waals surface area contributed by atoms with E-state index in [-0.39, 0.29) is 49.1 Å². The summed E-state index contributed by atoms with van der Waals surface area (Å²) in [4.78, 5) is 26.2. The Kier molecular flexibility index (Phi) is 6.59. The molecule has 0 aromatic heterocycles. The van der Waals surface area contributed by atoms with E-state index < -0.39 is 0 Å². The molecule has 2 rings (SSSR count). The van der Waals surface area contributed by atoms with Crippen molar-refractivity contribution >= 4 is 23.3 Å². The Morgan fingerprint density at radius 1 is 1.43 bits per heavy atom. The van der Waals surface area contributed by atoms with Gasteiger partial charge in [0, 0.05) is 24.5 Å². The van der Waals surface area contributed by atoms with Crippen LogP contribution in [0.4, 0.5) is 16.2 Å². The maximum absolute atomic E-state index is 11.8. The Labute approximate surface area is 148 Å². The van der Waals surface area contributed by atoms with Gasteiger partial charge in [-0.3, -0.25) is 4.90 Å². The Hall–Kier alpha value is -1.16. The van der Waals surface area contributed by atoms with Crippen LogP contribution in [0.25, 0.3) is 0 Å². The molecule has 0 radical (unpaired) electrons. The normalized spacial score (nSPS) is 17.1. The molecule has 7 heteroatoms. The van der Waals surface area contributed by atoms with Crippen molar-refractivity contribution in [2.75, 3.05) is 29.4 Å². The van der Waals surface area contributed by atoms with Crippen molar-refractivity contribution in [2.45, 2.75) is 6.04 Å². The van der Waals surface area contributed by atoms with E-state index in [9.17, 15) is 9.59 Å². The minimum atomic E-state index is -0.310. The monoisotopic (exact) mass is 512 g/mol. The van der Waals surface area contributed by atoms with E-state index in [1.165, 1.54) is 4.90 Å². The van der Waals surface area contributed by atoms with E-state index in [1.807, 2.05) is 0 Å². The molecule has 1 aliphatic rings. The predicted octanol–water partition coefficient (Wildman–Crippen LogP) is 0.545. The van der Waals surface area contributed by atoms with Crippen molar-refractivity contribution in [1.82, 2.24) is 5.32 Å². The first-order chi connectivity index (χ1) is 9.56. The second-order valence-electron chi connectivity index (χ2n) is 4.55. The SMILES string of the molecule is [CH2-]CN(C([CH2-])=O)c1ccc(N2CC(CN)NC2=O)cc1.[U+2]. The molecule has 3 N–H and O–H groups in total. The van der Waals surface area contributed by atoms with Crippen molar-refractivity contribution < 1.29 is 40.7 Å². The van der Waals surface area contributed by atoms with Crippen molar-refractivity contribution in [3.63, 3.8) is 0 Å². The molecule has 1 fully saturated rings. The number of rotatable bonds is 4. The van der Waals surface area contributed by atoms with Gasteiger partial charge in [0.25, 0.3) is 0 Å². The maximum Gasteiger partial charge on any atom is 2.00 e. The third-order valence-electron chi connectivity index (χ3n) is 3.26. The molecular weight excluding hydrogens is 494 g/mol. The molecule has 1 saturated heterocycles. The van der Waals surface area contributed by atoms with Gasteiger partial charge in [-0.25, -0.2) is 4.79 Å². The van der Waals surface area contributed by atoms with Crippen LogP contribution >= 0.6 is 0 Å². The molecule has 110 valence electrons. The van der Waals surface area contributed by atoms with Crippen molar-refractivity contribution in [3.05, 3.63) is 38.1 Å². The number of nitrogens with one attached hydrogen (secondary N) is 1. The second-order valence-corrected chi connectivity index (χ2v) is 4.55. The van der Waals surface area contributed by atoms with Crippen LogP contribution in [0.5, 0.6) is 0 Å². The van der Waals surface area contributed by atoms with Gasteiger partial charge >= 0.3 is 37.1 Å². The molecule has 21 heavy (non-hydrogen) atoms. The van der Waals surface area contributed by atoms with Crippen LogP contribution < -0.4 is 20.9 Å². The van der Waals surface area contributed by atoms with Gasteiger partial charge in [-0.1, -0.05) is 0 Å². The van der Waals surface area contributed by atoms with Crippen LogP contribution in [0.2, 0.25) is 0 Å². The summed E-state index contributed by atoms with van der Waals surface area (Å²) in [6, 6.07) is 6.94. The zero-order chi connectivity index (χ0) is 14.7. The van der Waals surface area contributed by atoms with Crippen LogP contribution in [-0.4, -0.2) is 37.6 Å². The molecule has 3 amide bonds. The summed E-state index contributed by atoms with van der Waals surface area (Å²) in [6.45, 7) is 8.33. The first-order valence-electron chi connectivity index (χ1n) is 6.37. The van der Waals surface area contributed by atoms with Crippen LogP contribution in [0, 0.1) is 45.0 Å². The third kappa shape index (κ3) is 3.94. The third-order valence-corrected chi connectivity index (χ3v) is 3.26. The molecule has 1 aromatic carbocycles. The molecule has 0 spiro atoms. The summed E-state index contributed by atoms with van der Waals surface area (Å²) in [5, 5.41) is 2.80. The van der Waals surface area contributed by atoms with Crippen LogP contribution in [0.15, 0.2) is 24.3 Å². The van der Waals surface area contributed by atoms with E-state index in [1.54, 1.807) is 29.2 Å². The summed E-state index contributed by atoms with van der Waals surface area (Å²) in [7, 11) is 0. The molecule has 1 aliphatic heterocycles. The number of benzene rings is 1. The number of carbonyl (C=O) groups excluding carboxylic acids is 2. The van der Waals surface area contributed by atoms with Gasteiger partial charge in [0.15, 0.2) is 0 Å². The molecule has 1 atom stereocenters. The van der Waals surface area contributed by atoms with E-state index >= 15 is 0 Å². The van der Waals surface area contributed by atoms with Gasteiger partial charge < -0.3 is 34.6 Å². The second kappa shape index (κ2) is 7.74. The summed E-state index contributed by atoms with van der Waals surface area (Å²) in [5.41, 5.74) is 7.03. The molecule has 0 saturated carbocycles. The first kappa shape index (κ1) is 17.9. The number of carbonyl (C=O) groups is 2. The fourth-order valence-corrected chi connectivity index (χ4v) is 2.17. The number of nitrogens with two attached hydrogens (primary N) is 1. The topological polar surface area (TPSA) is 78.7 Å². The molecule has 0 bridgehead atoms. The number of urea groups is 1. The number of nitrogens with zero attached hydrogens (tertiary/aromatic N) is 2. The Morgan fingerprint density at radius 2 is 2.05 bits per heavy atom. The van der Waals surface area contributed by atoms with E-state index in [4.69, 9.17) is 5.73 Å². The maximum atomic E-state index is 11.8. The zero-order valence-electron chi connectivity index (χ0n) is 11.7. The fourth-order valence-electron chi connectivity index (χ4n) is 2.17. The number of amides is 3. The van der Waals surface area contributed by atoms with E-state index in [2.05, 4.69) is 19.2 Å². The molecule has 6 nitrogen and oxygen atoms in total. The standard InChI is InChI=1S/C14H18N4O2.U/c1-3-17(10(2)19)12-4-6-13(7-5-12)18-9-11(8-15)16-14(18)20;/h4-7,11H,1-3,8-9,15H2,(H,16,20);/q-2;+2. The number of hydrogen-bond donors (Lipinski definition) is 2. The van der Waals surface area contributed by atoms with E-state index in [0.717, 1.165) is 5.69 Å². The smallest absolute Gasteiger partial charge is 0.368 e. The van der Waals surface area contributed by atoms with E-state index in [0.29, 0.717) is 25.3 Å². The molecule has 1 aromatic rings. The van der Waals surface area contributed by atoms with Crippen molar-refractivity contribution in [3.8, 4) is 0 Å². The number of hydrogen-bond acceptors (Lipinski definition) is 3. The fraction of sp³-hybridized carbons (Fsp3) is 0.286. The van der Waals surface area contributed by atoms with Crippen LogP contribution in [0.1, 0.15) is 0 Å². The zero-order valence-corrected chi connectivity index (χ0v) is 15.9.